The Labute approximate surface area is 128 Å². The first-order valence-electron chi connectivity index (χ1n) is 7.81. The van der Waals surface area contributed by atoms with E-state index in [-0.39, 0.29) is 5.41 Å². The maximum Gasteiger partial charge on any atom is 0.0254 e. The molecule has 1 nitrogen and oxygen atoms in total. The number of hydrogen-bond acceptors (Lipinski definition) is 1. The zero-order valence-corrected chi connectivity index (χ0v) is 13.5. The molecule has 1 aliphatic rings. The van der Waals surface area contributed by atoms with Crippen LogP contribution in [0.5, 0.6) is 0 Å². The van der Waals surface area contributed by atoms with Crippen molar-refractivity contribution in [3.63, 3.8) is 0 Å². The van der Waals surface area contributed by atoms with Crippen LogP contribution in [0.15, 0.2) is 54.6 Å². The van der Waals surface area contributed by atoms with Gasteiger partial charge in [-0.25, -0.2) is 0 Å². The molecule has 2 aromatic rings. The van der Waals surface area contributed by atoms with E-state index in [0.717, 1.165) is 6.54 Å². The van der Waals surface area contributed by atoms with E-state index in [4.69, 9.17) is 0 Å². The van der Waals surface area contributed by atoms with Crippen LogP contribution >= 0.6 is 0 Å². The Morgan fingerprint density at radius 1 is 0.905 bits per heavy atom. The molecule has 2 aromatic carbocycles. The predicted octanol–water partition coefficient (Wildman–Crippen LogP) is 4.68. The van der Waals surface area contributed by atoms with Gasteiger partial charge in [-0.2, -0.15) is 0 Å². The summed E-state index contributed by atoms with van der Waals surface area (Å²) in [6.45, 7) is 8.12. The number of fused-ring (bicyclic) bond motifs is 1. The molecule has 0 aliphatic carbocycles. The van der Waals surface area contributed by atoms with Gasteiger partial charge in [-0.15, -0.1) is 0 Å². The van der Waals surface area contributed by atoms with Crippen molar-refractivity contribution in [1.29, 1.82) is 0 Å². The standard InChI is InChI=1S/C20H25N/c1-20(2,3)19-18(15-10-6-5-7-11-15)17-13-9-8-12-16(17)14-21(19)4/h5-13,18-19H,14H2,1-4H3. The third kappa shape index (κ3) is 2.63. The molecule has 0 bridgehead atoms. The fourth-order valence-electron chi connectivity index (χ4n) is 3.96. The van der Waals surface area contributed by atoms with E-state index in [2.05, 4.69) is 87.3 Å². The number of nitrogens with zero attached hydrogens (tertiary/aromatic N) is 1. The molecule has 2 unspecified atom stereocenters. The molecule has 0 N–H and O–H groups in total. The smallest absolute Gasteiger partial charge is 0.0254 e. The topological polar surface area (TPSA) is 3.24 Å². The molecule has 0 amide bonds. The molecule has 1 heteroatoms. The van der Waals surface area contributed by atoms with Gasteiger partial charge in [-0.05, 0) is 29.2 Å². The van der Waals surface area contributed by atoms with E-state index in [9.17, 15) is 0 Å². The van der Waals surface area contributed by atoms with E-state index in [1.807, 2.05) is 0 Å². The highest BCUT2D eigenvalue weighted by Crippen LogP contribution is 2.44. The summed E-state index contributed by atoms with van der Waals surface area (Å²) in [4.78, 5) is 2.53. The molecule has 0 spiro atoms. The molecule has 0 saturated carbocycles. The highest BCUT2D eigenvalue weighted by atomic mass is 15.2. The van der Waals surface area contributed by atoms with Crippen molar-refractivity contribution in [3.8, 4) is 0 Å². The second kappa shape index (κ2) is 5.31. The Morgan fingerprint density at radius 2 is 1.52 bits per heavy atom. The molecule has 110 valence electrons. The maximum absolute atomic E-state index is 2.53. The zero-order chi connectivity index (χ0) is 15.0. The second-order valence-electron chi connectivity index (χ2n) is 7.31. The van der Waals surface area contributed by atoms with E-state index < -0.39 is 0 Å². The molecule has 1 heterocycles. The lowest BCUT2D eigenvalue weighted by atomic mass is 9.69. The van der Waals surface area contributed by atoms with Crippen LogP contribution in [-0.4, -0.2) is 18.0 Å². The summed E-state index contributed by atoms with van der Waals surface area (Å²) in [7, 11) is 2.27. The van der Waals surface area contributed by atoms with Gasteiger partial charge < -0.3 is 0 Å². The minimum absolute atomic E-state index is 0.239. The first-order chi connectivity index (χ1) is 9.98. The van der Waals surface area contributed by atoms with Crippen LogP contribution in [0.1, 0.15) is 43.4 Å². The average Bonchev–Trinajstić information content (AvgIpc) is 2.45. The van der Waals surface area contributed by atoms with Crippen molar-refractivity contribution in [2.24, 2.45) is 5.41 Å². The number of rotatable bonds is 1. The van der Waals surface area contributed by atoms with Gasteiger partial charge in [0.05, 0.1) is 0 Å². The molecule has 0 radical (unpaired) electrons. The van der Waals surface area contributed by atoms with E-state index in [1.165, 1.54) is 16.7 Å². The summed E-state index contributed by atoms with van der Waals surface area (Å²) in [5, 5.41) is 0. The van der Waals surface area contributed by atoms with Gasteiger partial charge in [0.25, 0.3) is 0 Å². The monoisotopic (exact) mass is 279 g/mol. The van der Waals surface area contributed by atoms with Crippen LogP contribution in [0.2, 0.25) is 0 Å². The molecule has 1 aliphatic heterocycles. The van der Waals surface area contributed by atoms with Crippen LogP contribution in [0.25, 0.3) is 0 Å². The van der Waals surface area contributed by atoms with Crippen molar-refractivity contribution in [2.45, 2.75) is 39.3 Å². The van der Waals surface area contributed by atoms with E-state index in [0.29, 0.717) is 12.0 Å². The fourth-order valence-corrected chi connectivity index (χ4v) is 3.96. The fraction of sp³-hybridized carbons (Fsp3) is 0.400. The van der Waals surface area contributed by atoms with Crippen LogP contribution in [0.3, 0.4) is 0 Å². The third-order valence-electron chi connectivity index (χ3n) is 4.65. The Bertz CT molecular complexity index is 609. The second-order valence-corrected chi connectivity index (χ2v) is 7.31. The molecule has 3 rings (SSSR count). The quantitative estimate of drug-likeness (QED) is 0.732. The van der Waals surface area contributed by atoms with Gasteiger partial charge in [0, 0.05) is 18.5 Å². The maximum atomic E-state index is 2.53. The Balaban J connectivity index is 2.18. The van der Waals surface area contributed by atoms with Crippen LogP contribution in [-0.2, 0) is 6.54 Å². The first-order valence-corrected chi connectivity index (χ1v) is 7.81. The first kappa shape index (κ1) is 14.3. The van der Waals surface area contributed by atoms with Gasteiger partial charge in [-0.1, -0.05) is 75.4 Å². The normalized spacial score (nSPS) is 22.9. The predicted molar refractivity (Wildman–Crippen MR) is 89.4 cm³/mol. The number of likely N-dealkylation sites (N-methyl/N-ethyl adjacent to an activating group) is 1. The summed E-state index contributed by atoms with van der Waals surface area (Å²) in [5.41, 5.74) is 4.63. The van der Waals surface area contributed by atoms with Crippen LogP contribution < -0.4 is 0 Å². The van der Waals surface area contributed by atoms with Crippen molar-refractivity contribution < 1.29 is 0 Å². The number of hydrogen-bond donors (Lipinski definition) is 0. The number of benzene rings is 2. The van der Waals surface area contributed by atoms with E-state index >= 15 is 0 Å². The van der Waals surface area contributed by atoms with Crippen molar-refractivity contribution in [3.05, 3.63) is 71.3 Å². The van der Waals surface area contributed by atoms with E-state index in [1.54, 1.807) is 0 Å². The lowest BCUT2D eigenvalue weighted by Crippen LogP contribution is -2.48. The molecular weight excluding hydrogens is 254 g/mol. The SMILES string of the molecule is CN1Cc2ccccc2C(c2ccccc2)C1C(C)(C)C. The Kier molecular flexibility index (Phi) is 3.62. The lowest BCUT2D eigenvalue weighted by molar-refractivity contribution is 0.0921. The minimum atomic E-state index is 0.239. The summed E-state index contributed by atoms with van der Waals surface area (Å²) in [6, 6.07) is 20.4. The summed E-state index contributed by atoms with van der Waals surface area (Å²) >= 11 is 0. The van der Waals surface area contributed by atoms with Crippen LogP contribution in [0, 0.1) is 5.41 Å². The van der Waals surface area contributed by atoms with Crippen LogP contribution in [0.4, 0.5) is 0 Å². The van der Waals surface area contributed by atoms with Gasteiger partial charge >= 0.3 is 0 Å². The van der Waals surface area contributed by atoms with Gasteiger partial charge in [0.15, 0.2) is 0 Å². The minimum Gasteiger partial charge on any atom is -0.298 e. The van der Waals surface area contributed by atoms with Crippen molar-refractivity contribution in [1.82, 2.24) is 4.90 Å². The lowest BCUT2D eigenvalue weighted by Gasteiger charge is -2.47. The molecule has 0 fully saturated rings. The Morgan fingerprint density at radius 3 is 2.19 bits per heavy atom. The highest BCUT2D eigenvalue weighted by Gasteiger charge is 2.40. The Hall–Kier alpha value is -1.60. The molecule has 21 heavy (non-hydrogen) atoms. The highest BCUT2D eigenvalue weighted by molar-refractivity contribution is 5.42. The molecule has 0 aromatic heterocycles. The molecule has 2 atom stereocenters. The summed E-state index contributed by atoms with van der Waals surface area (Å²) in [5.74, 6) is 0.446. The summed E-state index contributed by atoms with van der Waals surface area (Å²) < 4.78 is 0. The van der Waals surface area contributed by atoms with Gasteiger partial charge in [-0.3, -0.25) is 4.90 Å². The van der Waals surface area contributed by atoms with Gasteiger partial charge in [0.1, 0.15) is 0 Å². The van der Waals surface area contributed by atoms with Gasteiger partial charge in [0.2, 0.25) is 0 Å². The van der Waals surface area contributed by atoms with Crippen molar-refractivity contribution in [2.75, 3.05) is 7.05 Å². The molecular formula is C20H25N. The third-order valence-corrected chi connectivity index (χ3v) is 4.65. The zero-order valence-electron chi connectivity index (χ0n) is 13.5. The average molecular weight is 279 g/mol. The molecule has 0 saturated heterocycles. The van der Waals surface area contributed by atoms with Crippen molar-refractivity contribution >= 4 is 0 Å². The largest absolute Gasteiger partial charge is 0.298 e. The summed E-state index contributed by atoms with van der Waals surface area (Å²) in [6.07, 6.45) is 0.